The monoisotopic (exact) mass is 259 g/mol. The molecule has 2 rings (SSSR count). The molecule has 0 fully saturated rings. The third-order valence-corrected chi connectivity index (χ3v) is 2.64. The van der Waals surface area contributed by atoms with Gasteiger partial charge < -0.3 is 5.11 Å². The van der Waals surface area contributed by atoms with E-state index in [9.17, 15) is 9.18 Å². The van der Waals surface area contributed by atoms with Gasteiger partial charge in [0, 0.05) is 5.39 Å². The van der Waals surface area contributed by atoms with Crippen LogP contribution in [0.3, 0.4) is 0 Å². The Morgan fingerprint density at radius 3 is 2.62 bits per heavy atom. The number of pyridine rings is 1. The molecular weight excluding hydrogens is 256 g/mol. The Kier molecular flexibility index (Phi) is 2.69. The zero-order valence-electron chi connectivity index (χ0n) is 7.67. The van der Waals surface area contributed by atoms with Crippen LogP contribution in [0, 0.1) is 5.82 Å². The number of fused-ring (bicyclic) bond motifs is 1. The highest BCUT2D eigenvalue weighted by atomic mass is 35.5. The summed E-state index contributed by atoms with van der Waals surface area (Å²) in [6, 6.07) is 3.59. The zero-order chi connectivity index (χ0) is 11.9. The number of benzene rings is 1. The molecule has 0 aliphatic heterocycles. The molecule has 0 amide bonds. The van der Waals surface area contributed by atoms with Gasteiger partial charge in [-0.2, -0.15) is 0 Å². The van der Waals surface area contributed by atoms with Gasteiger partial charge in [0.05, 0.1) is 10.0 Å². The highest BCUT2D eigenvalue weighted by Crippen LogP contribution is 2.31. The van der Waals surface area contributed by atoms with Gasteiger partial charge in [-0.15, -0.1) is 0 Å². The van der Waals surface area contributed by atoms with Crippen molar-refractivity contribution in [3.8, 4) is 0 Å². The number of carboxylic acid groups (broad SMARTS) is 1. The highest BCUT2D eigenvalue weighted by molar-refractivity contribution is 6.42. The van der Waals surface area contributed by atoms with E-state index in [4.69, 9.17) is 28.3 Å². The number of aromatic carboxylic acids is 1. The molecule has 0 spiro atoms. The largest absolute Gasteiger partial charge is 0.477 e. The molecule has 0 saturated heterocycles. The molecule has 3 nitrogen and oxygen atoms in total. The Bertz CT molecular complexity index is 601. The normalized spacial score (nSPS) is 10.7. The molecule has 6 heteroatoms. The summed E-state index contributed by atoms with van der Waals surface area (Å²) in [5.74, 6) is -1.94. The molecule has 0 aliphatic carbocycles. The van der Waals surface area contributed by atoms with Gasteiger partial charge in [-0.25, -0.2) is 14.2 Å². The standard InChI is InChI=1S/C10H4Cl2FNO2/c11-4-1-2-6(13)9-8(4)5(12)3-7(14-9)10(15)16/h1-3H,(H,15,16). The lowest BCUT2D eigenvalue weighted by Crippen LogP contribution is -2.01. The Morgan fingerprint density at radius 1 is 1.31 bits per heavy atom. The van der Waals surface area contributed by atoms with Gasteiger partial charge in [0.1, 0.15) is 11.3 Å². The molecule has 1 aromatic heterocycles. The molecule has 0 aliphatic rings. The van der Waals surface area contributed by atoms with E-state index < -0.39 is 11.8 Å². The van der Waals surface area contributed by atoms with Gasteiger partial charge >= 0.3 is 5.97 Å². The van der Waals surface area contributed by atoms with Crippen LogP contribution in [-0.4, -0.2) is 16.1 Å². The first-order valence-electron chi connectivity index (χ1n) is 4.18. The molecule has 1 heterocycles. The fraction of sp³-hybridized carbons (Fsp3) is 0. The number of hydrogen-bond donors (Lipinski definition) is 1. The summed E-state index contributed by atoms with van der Waals surface area (Å²) in [5.41, 5.74) is -0.462. The number of hydrogen-bond acceptors (Lipinski definition) is 2. The number of carbonyl (C=O) groups is 1. The highest BCUT2D eigenvalue weighted by Gasteiger charge is 2.14. The van der Waals surface area contributed by atoms with Crippen molar-refractivity contribution < 1.29 is 14.3 Å². The lowest BCUT2D eigenvalue weighted by molar-refractivity contribution is 0.0691. The average Bonchev–Trinajstić information content (AvgIpc) is 2.22. The molecule has 1 aromatic carbocycles. The lowest BCUT2D eigenvalue weighted by atomic mass is 10.2. The van der Waals surface area contributed by atoms with E-state index in [1.165, 1.54) is 6.07 Å². The summed E-state index contributed by atoms with van der Waals surface area (Å²) in [4.78, 5) is 14.4. The van der Waals surface area contributed by atoms with E-state index >= 15 is 0 Å². The van der Waals surface area contributed by atoms with E-state index in [1.54, 1.807) is 0 Å². The minimum absolute atomic E-state index is 0.0619. The number of nitrogens with zero attached hydrogens (tertiary/aromatic N) is 1. The third-order valence-electron chi connectivity index (χ3n) is 2.03. The van der Waals surface area contributed by atoms with Gasteiger partial charge in [0.2, 0.25) is 0 Å². The summed E-state index contributed by atoms with van der Waals surface area (Å²) >= 11 is 11.7. The van der Waals surface area contributed by atoms with Gasteiger partial charge in [-0.3, -0.25) is 0 Å². The van der Waals surface area contributed by atoms with E-state index in [2.05, 4.69) is 4.98 Å². The van der Waals surface area contributed by atoms with Crippen LogP contribution in [0.1, 0.15) is 10.5 Å². The van der Waals surface area contributed by atoms with Crippen LogP contribution in [0.2, 0.25) is 10.0 Å². The van der Waals surface area contributed by atoms with Crippen molar-refractivity contribution in [1.82, 2.24) is 4.98 Å². The van der Waals surface area contributed by atoms with Crippen LogP contribution in [0.4, 0.5) is 4.39 Å². The zero-order valence-corrected chi connectivity index (χ0v) is 9.18. The van der Waals surface area contributed by atoms with E-state index in [0.717, 1.165) is 12.1 Å². The Morgan fingerprint density at radius 2 is 2.00 bits per heavy atom. The van der Waals surface area contributed by atoms with Gasteiger partial charge in [0.25, 0.3) is 0 Å². The summed E-state index contributed by atoms with van der Waals surface area (Å²) in [5, 5.41) is 9.26. The molecule has 0 unspecified atom stereocenters. The van der Waals surface area contributed by atoms with Gasteiger partial charge in [0.15, 0.2) is 5.69 Å². The fourth-order valence-electron chi connectivity index (χ4n) is 1.33. The van der Waals surface area contributed by atoms with Crippen LogP contribution in [0.15, 0.2) is 18.2 Å². The van der Waals surface area contributed by atoms with Crippen LogP contribution < -0.4 is 0 Å². The Balaban J connectivity index is 2.92. The minimum Gasteiger partial charge on any atom is -0.477 e. The quantitative estimate of drug-likeness (QED) is 0.854. The van der Waals surface area contributed by atoms with E-state index in [-0.39, 0.29) is 26.6 Å². The lowest BCUT2D eigenvalue weighted by Gasteiger charge is -2.04. The minimum atomic E-state index is -1.27. The molecule has 2 aromatic rings. The predicted octanol–water partition coefficient (Wildman–Crippen LogP) is 3.38. The average molecular weight is 260 g/mol. The Hall–Kier alpha value is -1.39. The van der Waals surface area contributed by atoms with Crippen LogP contribution >= 0.6 is 23.2 Å². The number of aromatic nitrogens is 1. The molecule has 0 atom stereocenters. The smallest absolute Gasteiger partial charge is 0.354 e. The van der Waals surface area contributed by atoms with Crippen molar-refractivity contribution in [2.75, 3.05) is 0 Å². The SMILES string of the molecule is O=C(O)c1cc(Cl)c2c(Cl)ccc(F)c2n1. The van der Waals surface area contributed by atoms with Crippen molar-refractivity contribution in [3.63, 3.8) is 0 Å². The summed E-state index contributed by atoms with van der Waals surface area (Å²) in [6.07, 6.45) is 0. The van der Waals surface area contributed by atoms with Crippen LogP contribution in [0.25, 0.3) is 10.9 Å². The van der Waals surface area contributed by atoms with Crippen molar-refractivity contribution in [3.05, 3.63) is 39.8 Å². The predicted molar refractivity (Wildman–Crippen MR) is 58.7 cm³/mol. The second-order valence-corrected chi connectivity index (χ2v) is 3.86. The molecule has 1 N–H and O–H groups in total. The van der Waals surface area contributed by atoms with Gasteiger partial charge in [-0.1, -0.05) is 23.2 Å². The van der Waals surface area contributed by atoms with E-state index in [1.807, 2.05) is 0 Å². The summed E-state index contributed by atoms with van der Waals surface area (Å²) in [7, 11) is 0. The maximum Gasteiger partial charge on any atom is 0.354 e. The maximum atomic E-state index is 13.4. The van der Waals surface area contributed by atoms with E-state index in [0.29, 0.717) is 0 Å². The molecule has 0 bridgehead atoms. The van der Waals surface area contributed by atoms with Crippen molar-refractivity contribution in [2.45, 2.75) is 0 Å². The maximum absolute atomic E-state index is 13.4. The summed E-state index contributed by atoms with van der Waals surface area (Å²) < 4.78 is 13.4. The second kappa shape index (κ2) is 3.88. The third kappa shape index (κ3) is 1.70. The van der Waals surface area contributed by atoms with Crippen molar-refractivity contribution in [2.24, 2.45) is 0 Å². The Labute approximate surface area is 99.4 Å². The van der Waals surface area contributed by atoms with Crippen molar-refractivity contribution >= 4 is 40.1 Å². The summed E-state index contributed by atoms with van der Waals surface area (Å²) in [6.45, 7) is 0. The molecule has 82 valence electrons. The van der Waals surface area contributed by atoms with Gasteiger partial charge in [-0.05, 0) is 18.2 Å². The number of carboxylic acids is 1. The topological polar surface area (TPSA) is 50.2 Å². The van der Waals surface area contributed by atoms with Crippen LogP contribution in [0.5, 0.6) is 0 Å². The second-order valence-electron chi connectivity index (χ2n) is 3.05. The first-order chi connectivity index (χ1) is 7.50. The molecule has 16 heavy (non-hydrogen) atoms. The van der Waals surface area contributed by atoms with Crippen LogP contribution in [-0.2, 0) is 0 Å². The molecule has 0 saturated carbocycles. The number of rotatable bonds is 1. The molecular formula is C10H4Cl2FNO2. The first-order valence-corrected chi connectivity index (χ1v) is 4.94. The molecule has 0 radical (unpaired) electrons. The van der Waals surface area contributed by atoms with Crippen molar-refractivity contribution in [1.29, 1.82) is 0 Å². The number of halogens is 3. The fourth-order valence-corrected chi connectivity index (χ4v) is 1.93. The first kappa shape index (κ1) is 11.1.